The Morgan fingerprint density at radius 3 is 1.78 bits per heavy atom. The number of ether oxygens (including phenoxy) is 1. The maximum absolute atomic E-state index is 13.3. The molecule has 0 aliphatic heterocycles. The molecule has 1 aromatic carbocycles. The van der Waals surface area contributed by atoms with Crippen LogP contribution in [0.2, 0.25) is 0 Å². The molecule has 4 N–H and O–H groups in total. The summed E-state index contributed by atoms with van der Waals surface area (Å²) in [6, 6.07) is -0.803. The molecule has 0 heterocycles. The molecule has 1 aromatic rings. The van der Waals surface area contributed by atoms with Crippen molar-refractivity contribution in [2.24, 2.45) is 0 Å². The number of carboxylic acid groups (broad SMARTS) is 2. The first-order valence-electron chi connectivity index (χ1n) is 10.9. The summed E-state index contributed by atoms with van der Waals surface area (Å²) < 4.78 is 84.9. The first kappa shape index (κ1) is 31.6. The molecule has 37 heavy (non-hydrogen) atoms. The van der Waals surface area contributed by atoms with E-state index in [0.29, 0.717) is 12.1 Å². The van der Waals surface area contributed by atoms with Crippen LogP contribution in [-0.4, -0.2) is 57.6 Å². The number of hydrogen-bond donors (Lipinski definition) is 4. The lowest BCUT2D eigenvalue weighted by Gasteiger charge is -2.31. The summed E-state index contributed by atoms with van der Waals surface area (Å²) in [6.07, 6.45) is -14.1. The van der Waals surface area contributed by atoms with E-state index in [1.165, 1.54) is 27.7 Å². The molecular formula is C22H29F6N3O6. The van der Waals surface area contributed by atoms with Crippen molar-refractivity contribution in [3.8, 4) is 0 Å². The maximum Gasteiger partial charge on any atom is 0.416 e. The number of halogens is 6. The van der Waals surface area contributed by atoms with Gasteiger partial charge >= 0.3 is 30.6 Å². The number of benzene rings is 1. The normalized spacial score (nSPS) is 13.9. The molecule has 0 spiro atoms. The van der Waals surface area contributed by atoms with Gasteiger partial charge in [-0.25, -0.2) is 14.4 Å². The standard InChI is InChI=1S/C22H29F6N3O6/c1-12(29-17(32)33)5-6-16(30-18(34)35)11-31(19(36)37-20(2,3)4)10-13-7-14(21(23,24)25)9-15(8-13)22(26,27)28/h7-9,12,16,29-30H,5-6,10-11H2,1-4H3,(H,32,33)(H,34,35). The Labute approximate surface area is 208 Å². The molecule has 0 aliphatic carbocycles. The van der Waals surface area contributed by atoms with Gasteiger partial charge in [0.15, 0.2) is 0 Å². The van der Waals surface area contributed by atoms with E-state index in [9.17, 15) is 40.7 Å². The summed E-state index contributed by atoms with van der Waals surface area (Å²) in [5.74, 6) is 0. The Hall–Kier alpha value is -3.39. The Bertz CT molecular complexity index is 929. The van der Waals surface area contributed by atoms with Gasteiger partial charge in [-0.15, -0.1) is 0 Å². The van der Waals surface area contributed by atoms with Crippen molar-refractivity contribution >= 4 is 18.3 Å². The second-order valence-electron chi connectivity index (χ2n) is 9.35. The van der Waals surface area contributed by atoms with Crippen molar-refractivity contribution < 1.29 is 55.7 Å². The zero-order chi connectivity index (χ0) is 28.8. The van der Waals surface area contributed by atoms with Crippen LogP contribution in [0.1, 0.15) is 57.2 Å². The zero-order valence-electron chi connectivity index (χ0n) is 20.5. The van der Waals surface area contributed by atoms with Gasteiger partial charge in [0.2, 0.25) is 0 Å². The molecular weight excluding hydrogens is 516 g/mol. The lowest BCUT2D eigenvalue weighted by molar-refractivity contribution is -0.143. The molecule has 9 nitrogen and oxygen atoms in total. The first-order chi connectivity index (χ1) is 16.7. The molecule has 0 radical (unpaired) electrons. The van der Waals surface area contributed by atoms with E-state index in [0.717, 1.165) is 4.90 Å². The van der Waals surface area contributed by atoms with Crippen LogP contribution in [0.3, 0.4) is 0 Å². The van der Waals surface area contributed by atoms with Crippen LogP contribution in [0.25, 0.3) is 0 Å². The van der Waals surface area contributed by atoms with E-state index in [-0.39, 0.29) is 18.9 Å². The van der Waals surface area contributed by atoms with Gasteiger partial charge in [-0.3, -0.25) is 0 Å². The van der Waals surface area contributed by atoms with Crippen LogP contribution in [-0.2, 0) is 23.6 Å². The van der Waals surface area contributed by atoms with Crippen LogP contribution in [0.4, 0.5) is 40.7 Å². The van der Waals surface area contributed by atoms with Crippen molar-refractivity contribution in [3.05, 3.63) is 34.9 Å². The maximum atomic E-state index is 13.3. The highest BCUT2D eigenvalue weighted by molar-refractivity contribution is 5.69. The van der Waals surface area contributed by atoms with Gasteiger partial charge in [0.1, 0.15) is 5.60 Å². The quantitative estimate of drug-likeness (QED) is 0.302. The average Bonchev–Trinajstić information content (AvgIpc) is 2.67. The lowest BCUT2D eigenvalue weighted by atomic mass is 10.0. The molecule has 0 saturated heterocycles. The average molecular weight is 545 g/mol. The number of nitrogens with one attached hydrogen (secondary N) is 2. The van der Waals surface area contributed by atoms with Crippen molar-refractivity contribution in [1.82, 2.24) is 15.5 Å². The second kappa shape index (κ2) is 12.2. The molecule has 210 valence electrons. The molecule has 15 heteroatoms. The van der Waals surface area contributed by atoms with Crippen LogP contribution in [0.15, 0.2) is 18.2 Å². The van der Waals surface area contributed by atoms with E-state index in [2.05, 4.69) is 10.6 Å². The van der Waals surface area contributed by atoms with Crippen molar-refractivity contribution in [2.75, 3.05) is 6.54 Å². The number of carbonyl (C=O) groups excluding carboxylic acids is 1. The number of carbonyl (C=O) groups is 3. The van der Waals surface area contributed by atoms with Gasteiger partial charge in [-0.1, -0.05) is 0 Å². The number of rotatable bonds is 9. The Morgan fingerprint density at radius 1 is 0.892 bits per heavy atom. The topological polar surface area (TPSA) is 128 Å². The summed E-state index contributed by atoms with van der Waals surface area (Å²) in [5, 5.41) is 22.3. The minimum atomic E-state index is -5.10. The molecule has 0 aromatic heterocycles. The molecule has 2 unspecified atom stereocenters. The van der Waals surface area contributed by atoms with Crippen molar-refractivity contribution in [1.29, 1.82) is 0 Å². The van der Waals surface area contributed by atoms with Gasteiger partial charge < -0.3 is 30.5 Å². The third-order valence-corrected chi connectivity index (χ3v) is 4.76. The van der Waals surface area contributed by atoms with Crippen LogP contribution in [0, 0.1) is 0 Å². The van der Waals surface area contributed by atoms with Gasteiger partial charge in [0.05, 0.1) is 11.1 Å². The summed E-state index contributed by atoms with van der Waals surface area (Å²) in [4.78, 5) is 35.7. The zero-order valence-corrected chi connectivity index (χ0v) is 20.5. The smallest absolute Gasteiger partial charge is 0.416 e. The van der Waals surface area contributed by atoms with Gasteiger partial charge in [-0.05, 0) is 64.3 Å². The van der Waals surface area contributed by atoms with E-state index in [1.807, 2.05) is 0 Å². The fraction of sp³-hybridized carbons (Fsp3) is 0.591. The third-order valence-electron chi connectivity index (χ3n) is 4.76. The molecule has 0 bridgehead atoms. The molecule has 0 saturated carbocycles. The number of amides is 3. The minimum absolute atomic E-state index is 0.0244. The van der Waals surface area contributed by atoms with E-state index < -0.39 is 78.1 Å². The first-order valence-corrected chi connectivity index (χ1v) is 10.9. The van der Waals surface area contributed by atoms with Gasteiger partial charge in [0, 0.05) is 25.2 Å². The lowest BCUT2D eigenvalue weighted by Crippen LogP contribution is -2.47. The predicted molar refractivity (Wildman–Crippen MR) is 118 cm³/mol. The fourth-order valence-electron chi connectivity index (χ4n) is 3.25. The largest absolute Gasteiger partial charge is 0.465 e. The SMILES string of the molecule is CC(CCC(CN(Cc1cc(C(F)(F)F)cc(C(F)(F)F)c1)C(=O)OC(C)(C)C)NC(=O)O)NC(=O)O. The number of hydrogen-bond acceptors (Lipinski definition) is 4. The van der Waals surface area contributed by atoms with Gasteiger partial charge in [0.25, 0.3) is 0 Å². The molecule has 3 amide bonds. The van der Waals surface area contributed by atoms with Gasteiger partial charge in [-0.2, -0.15) is 26.3 Å². The van der Waals surface area contributed by atoms with E-state index >= 15 is 0 Å². The Balaban J connectivity index is 3.37. The van der Waals surface area contributed by atoms with E-state index in [4.69, 9.17) is 14.9 Å². The van der Waals surface area contributed by atoms with Crippen LogP contribution in [0.5, 0.6) is 0 Å². The number of nitrogens with zero attached hydrogens (tertiary/aromatic N) is 1. The van der Waals surface area contributed by atoms with Crippen LogP contribution >= 0.6 is 0 Å². The highest BCUT2D eigenvalue weighted by Crippen LogP contribution is 2.36. The Kier molecular flexibility index (Phi) is 10.5. The van der Waals surface area contributed by atoms with Crippen molar-refractivity contribution in [2.45, 2.75) is 77.1 Å². The molecule has 1 rings (SSSR count). The molecule has 0 aliphatic rings. The number of alkyl halides is 6. The highest BCUT2D eigenvalue weighted by Gasteiger charge is 2.37. The van der Waals surface area contributed by atoms with Crippen LogP contribution < -0.4 is 10.6 Å². The summed E-state index contributed by atoms with van der Waals surface area (Å²) in [6.45, 7) is 4.71. The Morgan fingerprint density at radius 2 is 1.38 bits per heavy atom. The molecule has 0 fully saturated rings. The third kappa shape index (κ3) is 11.9. The second-order valence-corrected chi connectivity index (χ2v) is 9.35. The monoisotopic (exact) mass is 545 g/mol. The highest BCUT2D eigenvalue weighted by atomic mass is 19.4. The van der Waals surface area contributed by atoms with Crippen molar-refractivity contribution in [3.63, 3.8) is 0 Å². The predicted octanol–water partition coefficient (Wildman–Crippen LogP) is 5.53. The summed E-state index contributed by atoms with van der Waals surface area (Å²) in [7, 11) is 0. The van der Waals surface area contributed by atoms with E-state index in [1.54, 1.807) is 0 Å². The fourth-order valence-corrected chi connectivity index (χ4v) is 3.25. The summed E-state index contributed by atoms with van der Waals surface area (Å²) >= 11 is 0. The molecule has 2 atom stereocenters. The summed E-state index contributed by atoms with van der Waals surface area (Å²) in [5.41, 5.74) is -4.75. The minimum Gasteiger partial charge on any atom is -0.465 e.